The molecule has 1 aliphatic heterocycles. The largest absolute Gasteiger partial charge is 0.389 e. The van der Waals surface area contributed by atoms with E-state index in [4.69, 9.17) is 22.7 Å². The van der Waals surface area contributed by atoms with Crippen molar-refractivity contribution < 1.29 is 9.53 Å². The van der Waals surface area contributed by atoms with E-state index < -0.39 is 0 Å². The molecule has 7 heteroatoms. The van der Waals surface area contributed by atoms with Gasteiger partial charge in [0.1, 0.15) is 16.8 Å². The molecule has 1 saturated heterocycles. The van der Waals surface area contributed by atoms with Crippen LogP contribution in [0.4, 0.5) is 5.82 Å². The van der Waals surface area contributed by atoms with Crippen molar-refractivity contribution in [2.45, 2.75) is 19.9 Å². The minimum atomic E-state index is -0.364. The molecule has 0 saturated carbocycles. The van der Waals surface area contributed by atoms with E-state index in [1.807, 2.05) is 19.9 Å². The third-order valence-electron chi connectivity index (χ3n) is 3.30. The molecule has 0 bridgehead atoms. The Bertz CT molecular complexity index is 544. The fourth-order valence-corrected chi connectivity index (χ4v) is 2.34. The Balaban J connectivity index is 2.06. The third-order valence-corrected chi connectivity index (χ3v) is 3.53. The maximum atomic E-state index is 12.3. The Kier molecular flexibility index (Phi) is 5.08. The Labute approximate surface area is 129 Å². The summed E-state index contributed by atoms with van der Waals surface area (Å²) < 4.78 is 5.25. The van der Waals surface area contributed by atoms with Crippen molar-refractivity contribution in [2.75, 3.05) is 31.6 Å². The minimum absolute atomic E-state index is 0.0403. The van der Waals surface area contributed by atoms with Crippen molar-refractivity contribution in [2.24, 2.45) is 5.73 Å². The summed E-state index contributed by atoms with van der Waals surface area (Å²) in [6.45, 7) is 6.12. The number of carbonyl (C=O) groups is 1. The number of hydrogen-bond donors (Lipinski definition) is 2. The SMILES string of the molecule is Cc1cc(C(N)=S)cc(NC(C)C(=O)N2CCOCC2)n1. The summed E-state index contributed by atoms with van der Waals surface area (Å²) in [7, 11) is 0. The first kappa shape index (κ1) is 15.7. The molecule has 0 spiro atoms. The van der Waals surface area contributed by atoms with Crippen molar-refractivity contribution in [3.05, 3.63) is 23.4 Å². The zero-order chi connectivity index (χ0) is 15.4. The summed E-state index contributed by atoms with van der Waals surface area (Å²) >= 11 is 4.98. The number of rotatable bonds is 4. The number of thiocarbonyl (C=S) groups is 1. The van der Waals surface area contributed by atoms with E-state index in [1.54, 1.807) is 11.0 Å². The number of hydrogen-bond acceptors (Lipinski definition) is 5. The summed E-state index contributed by atoms with van der Waals surface area (Å²) in [5, 5.41) is 3.12. The lowest BCUT2D eigenvalue weighted by atomic mass is 10.2. The number of aryl methyl sites for hydroxylation is 1. The molecule has 1 atom stereocenters. The van der Waals surface area contributed by atoms with Crippen molar-refractivity contribution in [3.8, 4) is 0 Å². The summed E-state index contributed by atoms with van der Waals surface area (Å²) in [5.74, 6) is 0.644. The van der Waals surface area contributed by atoms with Gasteiger partial charge in [-0.2, -0.15) is 0 Å². The van der Waals surface area contributed by atoms with Gasteiger partial charge in [0, 0.05) is 24.3 Å². The van der Waals surface area contributed by atoms with Crippen LogP contribution in [-0.4, -0.2) is 53.1 Å². The Morgan fingerprint density at radius 1 is 1.48 bits per heavy atom. The second-order valence-electron chi connectivity index (χ2n) is 5.05. The van der Waals surface area contributed by atoms with Crippen molar-refractivity contribution in [3.63, 3.8) is 0 Å². The summed E-state index contributed by atoms with van der Waals surface area (Å²) in [4.78, 5) is 18.8. The standard InChI is InChI=1S/C14H20N4O2S/c1-9-7-11(13(15)21)8-12(16-9)17-10(2)14(19)18-3-5-20-6-4-18/h7-8,10H,3-6H2,1-2H3,(H2,15,21)(H,16,17). The van der Waals surface area contributed by atoms with E-state index in [-0.39, 0.29) is 11.9 Å². The van der Waals surface area contributed by atoms with Crippen LogP contribution in [0, 0.1) is 6.92 Å². The molecule has 2 rings (SSSR count). The molecular formula is C14H20N4O2S. The predicted octanol–water partition coefficient (Wildman–Crippen LogP) is 0.683. The molecule has 3 N–H and O–H groups in total. The molecule has 0 radical (unpaired) electrons. The number of nitrogens with two attached hydrogens (primary N) is 1. The van der Waals surface area contributed by atoms with Gasteiger partial charge in [-0.1, -0.05) is 12.2 Å². The molecule has 0 aliphatic carbocycles. The van der Waals surface area contributed by atoms with Crippen LogP contribution in [0.3, 0.4) is 0 Å². The van der Waals surface area contributed by atoms with E-state index in [2.05, 4.69) is 10.3 Å². The average molecular weight is 308 g/mol. The van der Waals surface area contributed by atoms with Crippen LogP contribution < -0.4 is 11.1 Å². The average Bonchev–Trinajstić information content (AvgIpc) is 2.46. The summed E-state index contributed by atoms with van der Waals surface area (Å²) in [6, 6.07) is 3.22. The zero-order valence-electron chi connectivity index (χ0n) is 12.3. The van der Waals surface area contributed by atoms with Crippen molar-refractivity contribution in [1.82, 2.24) is 9.88 Å². The Morgan fingerprint density at radius 3 is 2.76 bits per heavy atom. The molecular weight excluding hydrogens is 288 g/mol. The molecule has 1 aromatic rings. The number of pyridine rings is 1. The van der Waals surface area contributed by atoms with Crippen LogP contribution in [-0.2, 0) is 9.53 Å². The number of aromatic nitrogens is 1. The van der Waals surface area contributed by atoms with Crippen LogP contribution in [0.15, 0.2) is 12.1 Å². The molecule has 1 fully saturated rings. The Morgan fingerprint density at radius 2 is 2.14 bits per heavy atom. The van der Waals surface area contributed by atoms with Gasteiger partial charge in [0.05, 0.1) is 13.2 Å². The molecule has 1 amide bonds. The fraction of sp³-hybridized carbons (Fsp3) is 0.500. The normalized spacial score (nSPS) is 16.4. The number of nitrogens with zero attached hydrogens (tertiary/aromatic N) is 2. The smallest absolute Gasteiger partial charge is 0.244 e. The van der Waals surface area contributed by atoms with Gasteiger partial charge in [-0.15, -0.1) is 0 Å². The van der Waals surface area contributed by atoms with Gasteiger partial charge < -0.3 is 20.7 Å². The number of nitrogens with one attached hydrogen (secondary N) is 1. The van der Waals surface area contributed by atoms with Gasteiger partial charge in [-0.3, -0.25) is 4.79 Å². The van der Waals surface area contributed by atoms with Crippen LogP contribution >= 0.6 is 12.2 Å². The Hall–Kier alpha value is -1.73. The monoisotopic (exact) mass is 308 g/mol. The van der Waals surface area contributed by atoms with E-state index in [0.29, 0.717) is 37.1 Å². The van der Waals surface area contributed by atoms with Gasteiger partial charge in [-0.05, 0) is 26.0 Å². The first-order valence-corrected chi connectivity index (χ1v) is 7.30. The predicted molar refractivity (Wildman–Crippen MR) is 85.3 cm³/mol. The minimum Gasteiger partial charge on any atom is -0.389 e. The van der Waals surface area contributed by atoms with E-state index >= 15 is 0 Å². The lowest BCUT2D eigenvalue weighted by Gasteiger charge is -2.29. The van der Waals surface area contributed by atoms with Crippen LogP contribution in [0.1, 0.15) is 18.2 Å². The highest BCUT2D eigenvalue weighted by Gasteiger charge is 2.22. The lowest BCUT2D eigenvalue weighted by Crippen LogP contribution is -2.47. The highest BCUT2D eigenvalue weighted by atomic mass is 32.1. The number of amides is 1. The summed E-state index contributed by atoms with van der Waals surface area (Å²) in [6.07, 6.45) is 0. The van der Waals surface area contributed by atoms with Gasteiger partial charge in [0.15, 0.2) is 0 Å². The molecule has 1 unspecified atom stereocenters. The first-order valence-electron chi connectivity index (χ1n) is 6.89. The molecule has 114 valence electrons. The van der Waals surface area contributed by atoms with Gasteiger partial charge >= 0.3 is 0 Å². The highest BCUT2D eigenvalue weighted by Crippen LogP contribution is 2.12. The maximum absolute atomic E-state index is 12.3. The molecule has 21 heavy (non-hydrogen) atoms. The van der Waals surface area contributed by atoms with Crippen LogP contribution in [0.2, 0.25) is 0 Å². The molecule has 1 aliphatic rings. The van der Waals surface area contributed by atoms with Crippen molar-refractivity contribution >= 4 is 28.9 Å². The van der Waals surface area contributed by atoms with Gasteiger partial charge in [-0.25, -0.2) is 4.98 Å². The van der Waals surface area contributed by atoms with Gasteiger partial charge in [0.2, 0.25) is 5.91 Å². The van der Waals surface area contributed by atoms with Crippen LogP contribution in [0.25, 0.3) is 0 Å². The maximum Gasteiger partial charge on any atom is 0.244 e. The second-order valence-corrected chi connectivity index (χ2v) is 5.49. The third kappa shape index (κ3) is 4.12. The lowest BCUT2D eigenvalue weighted by molar-refractivity contribution is -0.135. The number of morpholine rings is 1. The topological polar surface area (TPSA) is 80.5 Å². The second kappa shape index (κ2) is 6.82. The van der Waals surface area contributed by atoms with E-state index in [9.17, 15) is 4.79 Å². The van der Waals surface area contributed by atoms with E-state index in [0.717, 1.165) is 11.3 Å². The first-order chi connectivity index (χ1) is 9.97. The molecule has 0 aromatic carbocycles. The number of carbonyl (C=O) groups excluding carboxylic acids is 1. The molecule has 6 nitrogen and oxygen atoms in total. The van der Waals surface area contributed by atoms with Gasteiger partial charge in [0.25, 0.3) is 0 Å². The highest BCUT2D eigenvalue weighted by molar-refractivity contribution is 7.80. The summed E-state index contributed by atoms with van der Waals surface area (Å²) in [5.41, 5.74) is 7.19. The molecule has 2 heterocycles. The number of ether oxygens (including phenoxy) is 1. The fourth-order valence-electron chi connectivity index (χ4n) is 2.23. The number of anilines is 1. The molecule has 1 aromatic heterocycles. The van der Waals surface area contributed by atoms with E-state index in [1.165, 1.54) is 0 Å². The van der Waals surface area contributed by atoms with Crippen LogP contribution in [0.5, 0.6) is 0 Å². The zero-order valence-corrected chi connectivity index (χ0v) is 13.1. The van der Waals surface area contributed by atoms with Crippen molar-refractivity contribution in [1.29, 1.82) is 0 Å². The quantitative estimate of drug-likeness (QED) is 0.796.